The van der Waals surface area contributed by atoms with Gasteiger partial charge >= 0.3 is 0 Å². The average Bonchev–Trinajstić information content (AvgIpc) is 2.55. The zero-order valence-corrected chi connectivity index (χ0v) is 13.9. The second-order valence-corrected chi connectivity index (χ2v) is 5.73. The summed E-state index contributed by atoms with van der Waals surface area (Å²) in [5.41, 5.74) is 2.01. The summed E-state index contributed by atoms with van der Waals surface area (Å²) in [5.74, 6) is 2.15. The van der Waals surface area contributed by atoms with Crippen LogP contribution in [0.25, 0.3) is 11.1 Å². The van der Waals surface area contributed by atoms with Crippen LogP contribution in [0.15, 0.2) is 42.5 Å². The molecule has 1 N–H and O–H groups in total. The van der Waals surface area contributed by atoms with Crippen molar-refractivity contribution in [1.29, 1.82) is 0 Å². The Morgan fingerprint density at radius 2 is 1.61 bits per heavy atom. The molecule has 4 heteroatoms. The average molecular weight is 316 g/mol. The molecule has 2 rings (SSSR count). The number of phenolic OH excluding ortho intramolecular Hbond substituents is 1. The van der Waals surface area contributed by atoms with Crippen LogP contribution in [0.3, 0.4) is 0 Å². The van der Waals surface area contributed by atoms with Gasteiger partial charge in [0.05, 0.1) is 13.7 Å². The number of benzene rings is 2. The molecule has 0 aliphatic rings. The van der Waals surface area contributed by atoms with Crippen LogP contribution in [0, 0.1) is 5.92 Å². The third-order valence-corrected chi connectivity index (χ3v) is 3.30. The van der Waals surface area contributed by atoms with Gasteiger partial charge in [0, 0.05) is 6.61 Å². The second-order valence-electron chi connectivity index (χ2n) is 5.73. The Hall–Kier alpha value is -2.20. The Morgan fingerprint density at radius 1 is 0.913 bits per heavy atom. The maximum Gasteiger partial charge on any atom is 0.161 e. The molecule has 0 aliphatic heterocycles. The first-order chi connectivity index (χ1) is 11.1. The van der Waals surface area contributed by atoms with Gasteiger partial charge in [0.15, 0.2) is 11.5 Å². The topological polar surface area (TPSA) is 47.9 Å². The maximum absolute atomic E-state index is 9.37. The smallest absolute Gasteiger partial charge is 0.161 e. The number of phenols is 1. The van der Waals surface area contributed by atoms with Gasteiger partial charge in [-0.1, -0.05) is 32.0 Å². The van der Waals surface area contributed by atoms with Crippen molar-refractivity contribution in [1.82, 2.24) is 0 Å². The summed E-state index contributed by atoms with van der Waals surface area (Å²) >= 11 is 0. The summed E-state index contributed by atoms with van der Waals surface area (Å²) in [6, 6.07) is 12.9. The number of hydrogen-bond acceptors (Lipinski definition) is 4. The minimum Gasteiger partial charge on any atom is -0.508 e. The third-order valence-electron chi connectivity index (χ3n) is 3.30. The largest absolute Gasteiger partial charge is 0.508 e. The summed E-state index contributed by atoms with van der Waals surface area (Å²) in [6.07, 6.45) is 0. The summed E-state index contributed by atoms with van der Waals surface area (Å²) in [6.45, 7) is 6.01. The van der Waals surface area contributed by atoms with E-state index in [1.165, 1.54) is 0 Å². The molecule has 0 spiro atoms. The minimum atomic E-state index is 0.252. The van der Waals surface area contributed by atoms with Gasteiger partial charge in [-0.25, -0.2) is 0 Å². The first kappa shape index (κ1) is 17.2. The molecular weight excluding hydrogens is 292 g/mol. The van der Waals surface area contributed by atoms with E-state index >= 15 is 0 Å². The molecule has 0 saturated heterocycles. The van der Waals surface area contributed by atoms with E-state index in [4.69, 9.17) is 14.2 Å². The highest BCUT2D eigenvalue weighted by Gasteiger charge is 2.07. The van der Waals surface area contributed by atoms with Gasteiger partial charge in [0.25, 0.3) is 0 Å². The molecule has 0 fully saturated rings. The van der Waals surface area contributed by atoms with Gasteiger partial charge in [-0.05, 0) is 41.3 Å². The molecule has 0 aromatic heterocycles. The molecule has 0 bridgehead atoms. The Balaban J connectivity index is 2.00. The maximum atomic E-state index is 9.37. The number of hydrogen-bond donors (Lipinski definition) is 1. The molecule has 23 heavy (non-hydrogen) atoms. The lowest BCUT2D eigenvalue weighted by atomic mass is 10.1. The fourth-order valence-electron chi connectivity index (χ4n) is 2.15. The third kappa shape index (κ3) is 5.18. The molecule has 0 unspecified atom stereocenters. The Kier molecular flexibility index (Phi) is 6.29. The molecule has 0 amide bonds. The zero-order valence-electron chi connectivity index (χ0n) is 13.9. The molecule has 2 aromatic rings. The minimum absolute atomic E-state index is 0.252. The molecular formula is C19H24O4. The van der Waals surface area contributed by atoms with Crippen molar-refractivity contribution < 1.29 is 19.3 Å². The lowest BCUT2D eigenvalue weighted by molar-refractivity contribution is 0.0811. The molecule has 0 aliphatic carbocycles. The molecule has 124 valence electrons. The van der Waals surface area contributed by atoms with Crippen LogP contribution in [0.5, 0.6) is 17.2 Å². The van der Waals surface area contributed by atoms with Crippen LogP contribution in [0.2, 0.25) is 0 Å². The van der Waals surface area contributed by atoms with Gasteiger partial charge < -0.3 is 19.3 Å². The van der Waals surface area contributed by atoms with Crippen molar-refractivity contribution in [3.63, 3.8) is 0 Å². The van der Waals surface area contributed by atoms with E-state index in [2.05, 4.69) is 13.8 Å². The molecule has 0 atom stereocenters. The van der Waals surface area contributed by atoms with Crippen molar-refractivity contribution in [2.75, 3.05) is 26.9 Å². The second kappa shape index (κ2) is 8.44. The molecule has 0 heterocycles. The van der Waals surface area contributed by atoms with E-state index in [1.807, 2.05) is 30.3 Å². The fourth-order valence-corrected chi connectivity index (χ4v) is 2.15. The van der Waals surface area contributed by atoms with Gasteiger partial charge in [0.1, 0.15) is 12.4 Å². The summed E-state index contributed by atoms with van der Waals surface area (Å²) in [5, 5.41) is 9.37. The van der Waals surface area contributed by atoms with E-state index < -0.39 is 0 Å². The quantitative estimate of drug-likeness (QED) is 0.744. The highest BCUT2D eigenvalue weighted by molar-refractivity contribution is 5.67. The first-order valence-electron chi connectivity index (χ1n) is 7.78. The Morgan fingerprint density at radius 3 is 2.26 bits per heavy atom. The van der Waals surface area contributed by atoms with Crippen LogP contribution in [0.4, 0.5) is 0 Å². The monoisotopic (exact) mass is 316 g/mol. The van der Waals surface area contributed by atoms with Gasteiger partial charge in [-0.2, -0.15) is 0 Å². The standard InChI is InChI=1S/C19H24O4/c1-14(2)13-22-10-11-23-18-9-6-16(12-19(18)21-3)15-4-7-17(20)8-5-15/h4-9,12,14,20H,10-11,13H2,1-3H3. The zero-order chi connectivity index (χ0) is 16.7. The van der Waals surface area contributed by atoms with Crippen molar-refractivity contribution in [3.05, 3.63) is 42.5 Å². The molecule has 2 aromatic carbocycles. The lowest BCUT2D eigenvalue weighted by Gasteiger charge is -2.13. The predicted octanol–water partition coefficient (Wildman–Crippen LogP) is 4.12. The lowest BCUT2D eigenvalue weighted by Crippen LogP contribution is -2.10. The first-order valence-corrected chi connectivity index (χ1v) is 7.78. The van der Waals surface area contributed by atoms with Crippen molar-refractivity contribution in [2.45, 2.75) is 13.8 Å². The molecule has 4 nitrogen and oxygen atoms in total. The van der Waals surface area contributed by atoms with E-state index in [0.717, 1.165) is 17.7 Å². The van der Waals surface area contributed by atoms with Gasteiger partial charge in [0.2, 0.25) is 0 Å². The summed E-state index contributed by atoms with van der Waals surface area (Å²) in [7, 11) is 1.62. The van der Waals surface area contributed by atoms with Crippen LogP contribution < -0.4 is 9.47 Å². The van der Waals surface area contributed by atoms with Crippen LogP contribution in [-0.4, -0.2) is 32.0 Å². The van der Waals surface area contributed by atoms with Gasteiger partial charge in [-0.3, -0.25) is 0 Å². The van der Waals surface area contributed by atoms with Crippen LogP contribution in [-0.2, 0) is 4.74 Å². The number of aromatic hydroxyl groups is 1. The van der Waals surface area contributed by atoms with E-state index in [0.29, 0.717) is 30.6 Å². The normalized spacial score (nSPS) is 10.8. The Labute approximate surface area is 137 Å². The van der Waals surface area contributed by atoms with E-state index in [1.54, 1.807) is 19.2 Å². The predicted molar refractivity (Wildman–Crippen MR) is 91.2 cm³/mol. The highest BCUT2D eigenvalue weighted by Crippen LogP contribution is 2.33. The van der Waals surface area contributed by atoms with Gasteiger partial charge in [-0.15, -0.1) is 0 Å². The van der Waals surface area contributed by atoms with Crippen molar-refractivity contribution >= 4 is 0 Å². The summed E-state index contributed by atoms with van der Waals surface area (Å²) in [4.78, 5) is 0. The van der Waals surface area contributed by atoms with E-state index in [-0.39, 0.29) is 5.75 Å². The van der Waals surface area contributed by atoms with Crippen LogP contribution in [0.1, 0.15) is 13.8 Å². The van der Waals surface area contributed by atoms with Crippen molar-refractivity contribution in [2.24, 2.45) is 5.92 Å². The molecule has 0 radical (unpaired) electrons. The highest BCUT2D eigenvalue weighted by atomic mass is 16.5. The van der Waals surface area contributed by atoms with Crippen LogP contribution >= 0.6 is 0 Å². The Bertz CT molecular complexity index is 605. The van der Waals surface area contributed by atoms with Crippen molar-refractivity contribution in [3.8, 4) is 28.4 Å². The SMILES string of the molecule is COc1cc(-c2ccc(O)cc2)ccc1OCCOCC(C)C. The summed E-state index contributed by atoms with van der Waals surface area (Å²) < 4.78 is 16.6. The number of methoxy groups -OCH3 is 1. The fraction of sp³-hybridized carbons (Fsp3) is 0.368. The number of ether oxygens (including phenoxy) is 3. The number of rotatable bonds is 8. The van der Waals surface area contributed by atoms with E-state index in [9.17, 15) is 5.11 Å². The molecule has 0 saturated carbocycles.